The van der Waals surface area contributed by atoms with Crippen LogP contribution in [0.3, 0.4) is 0 Å². The fourth-order valence-corrected chi connectivity index (χ4v) is 12.0. The SMILES string of the molecule is CC1(C)OC[C@H]([C@@H]2O[C@@H](OC(=N)C(Cl)(Cl)Cl)[C@H](OC(=O)c3ccccc3)[C@H]2O[C@@H]2O[C@@H]([C@@H](CO[Si](C)(C)C(C)(C)C)O[Si](C)(C)C(C)(C)C)[C@H](O[Si](C)(C)C(C)(C)C)[C@H]2O[Si](C)(C)C(C)(C)C)O1. The van der Waals surface area contributed by atoms with Crippen LogP contribution in [0.4, 0.5) is 0 Å². The van der Waals surface area contributed by atoms with Gasteiger partial charge in [-0.1, -0.05) is 136 Å². The number of benzene rings is 1. The van der Waals surface area contributed by atoms with E-state index >= 15 is 0 Å². The van der Waals surface area contributed by atoms with Crippen molar-refractivity contribution in [2.24, 2.45) is 0 Å². The lowest BCUT2D eigenvalue weighted by molar-refractivity contribution is -0.226. The standard InChI is InChI=1S/C48H86Cl3NO12Si4/c1-43(2,3)65(15,16)55-29-32(62-66(17,18)44(4,5)6)34-36(63-67(19,20)45(7,8)9)38(64-68(21,22)46(10,11)12)41(58-34)59-35-33(31-28-54-47(13,14)61-31)57-40(60-42(52)48(49,50)51)37(35)56-39(53)30-26-24-23-25-27-30/h23-27,31-38,40-41,52H,28-29H2,1-22H3/t31-,32-,33+,34+,35+,36+,37-,38-,40+,41+/m1/s1. The zero-order valence-corrected chi connectivity index (χ0v) is 51.4. The molecule has 392 valence electrons. The number of rotatable bonds is 16. The summed E-state index contributed by atoms with van der Waals surface area (Å²) in [4.78, 5) is 14.1. The topological polar surface area (TPSA) is 142 Å². The van der Waals surface area contributed by atoms with Crippen LogP contribution in [0.1, 0.15) is 107 Å². The number of carbonyl (C=O) groups is 1. The average molecular weight is 1090 g/mol. The molecule has 0 bridgehead atoms. The van der Waals surface area contributed by atoms with Crippen molar-refractivity contribution in [1.82, 2.24) is 0 Å². The number of ether oxygens (including phenoxy) is 7. The van der Waals surface area contributed by atoms with Crippen LogP contribution in [0.25, 0.3) is 0 Å². The van der Waals surface area contributed by atoms with Crippen LogP contribution in [0.5, 0.6) is 0 Å². The van der Waals surface area contributed by atoms with Gasteiger partial charge in [0.05, 0.1) is 24.9 Å². The van der Waals surface area contributed by atoms with Gasteiger partial charge >= 0.3 is 5.97 Å². The molecule has 4 rings (SSSR count). The van der Waals surface area contributed by atoms with Crippen LogP contribution in [0.15, 0.2) is 30.3 Å². The highest BCUT2D eigenvalue weighted by molar-refractivity contribution is 6.76. The van der Waals surface area contributed by atoms with E-state index in [4.69, 9.17) is 91.1 Å². The smallest absolute Gasteiger partial charge is 0.338 e. The highest BCUT2D eigenvalue weighted by atomic mass is 35.6. The molecule has 3 aliphatic heterocycles. The molecule has 0 amide bonds. The third-order valence-corrected chi connectivity index (χ3v) is 33.8. The minimum Gasteiger partial charge on any atom is -0.449 e. The molecule has 1 aromatic rings. The Morgan fingerprint density at radius 2 is 1.19 bits per heavy atom. The second-order valence-corrected chi connectivity index (χ2v) is 46.6. The quantitative estimate of drug-likeness (QED) is 0.0553. The van der Waals surface area contributed by atoms with Gasteiger partial charge < -0.3 is 50.9 Å². The number of esters is 1. The number of hydrogen-bond acceptors (Lipinski definition) is 13. The molecule has 0 aromatic heterocycles. The van der Waals surface area contributed by atoms with E-state index in [9.17, 15) is 4.79 Å². The van der Waals surface area contributed by atoms with Crippen molar-refractivity contribution in [3.8, 4) is 0 Å². The lowest BCUT2D eigenvalue weighted by Crippen LogP contribution is -2.58. The van der Waals surface area contributed by atoms with Crippen LogP contribution in [0.2, 0.25) is 72.5 Å². The first-order valence-electron chi connectivity index (χ1n) is 24.0. The summed E-state index contributed by atoms with van der Waals surface area (Å²) in [6.07, 6.45) is -9.96. The lowest BCUT2D eigenvalue weighted by Gasteiger charge is -2.46. The molecular formula is C48H86Cl3NO12Si4. The Hall–Kier alpha value is -0.462. The Labute approximate surface area is 428 Å². The minimum absolute atomic E-state index is 0.0863. The van der Waals surface area contributed by atoms with E-state index in [0.717, 1.165) is 0 Å². The molecule has 20 heteroatoms. The first-order valence-corrected chi connectivity index (χ1v) is 36.7. The molecule has 0 radical (unpaired) electrons. The average Bonchev–Trinajstić information content (AvgIpc) is 3.79. The van der Waals surface area contributed by atoms with Crippen LogP contribution in [-0.2, 0) is 50.9 Å². The van der Waals surface area contributed by atoms with Crippen molar-refractivity contribution < 1.29 is 55.7 Å². The molecule has 0 spiro atoms. The maximum Gasteiger partial charge on any atom is 0.338 e. The summed E-state index contributed by atoms with van der Waals surface area (Å²) in [6.45, 7) is 48.2. The van der Waals surface area contributed by atoms with Gasteiger partial charge in [0.25, 0.3) is 3.79 Å². The Morgan fingerprint density at radius 1 is 0.691 bits per heavy atom. The normalized spacial score (nSPS) is 28.5. The van der Waals surface area contributed by atoms with Gasteiger partial charge in [-0.15, -0.1) is 0 Å². The number of halogens is 3. The van der Waals surface area contributed by atoms with Gasteiger partial charge in [0.2, 0.25) is 12.2 Å². The number of hydrogen-bond donors (Lipinski definition) is 1. The minimum atomic E-state index is -2.69. The van der Waals surface area contributed by atoms with E-state index in [0.29, 0.717) is 0 Å². The van der Waals surface area contributed by atoms with Crippen LogP contribution in [-0.4, -0.2) is 129 Å². The van der Waals surface area contributed by atoms with Crippen molar-refractivity contribution >= 4 is 79.9 Å². The second-order valence-electron chi connectivity index (χ2n) is 25.3. The molecule has 0 unspecified atom stereocenters. The van der Waals surface area contributed by atoms with Crippen molar-refractivity contribution in [2.45, 2.75) is 240 Å². The molecule has 3 fully saturated rings. The summed E-state index contributed by atoms with van der Waals surface area (Å²) in [5, 5.41) is 7.91. The predicted molar refractivity (Wildman–Crippen MR) is 281 cm³/mol. The van der Waals surface area contributed by atoms with E-state index in [-0.39, 0.29) is 38.9 Å². The van der Waals surface area contributed by atoms with Gasteiger partial charge in [0, 0.05) is 0 Å². The molecule has 1 N–H and O–H groups in total. The van der Waals surface area contributed by atoms with E-state index in [1.165, 1.54) is 0 Å². The molecular weight excluding hydrogens is 1000 g/mol. The maximum atomic E-state index is 14.1. The molecule has 3 saturated heterocycles. The van der Waals surface area contributed by atoms with Gasteiger partial charge in [-0.25, -0.2) is 4.79 Å². The van der Waals surface area contributed by atoms with Crippen molar-refractivity contribution in [2.75, 3.05) is 13.2 Å². The Bertz CT molecular complexity index is 1880. The fourth-order valence-electron chi connectivity index (χ4n) is 6.91. The van der Waals surface area contributed by atoms with Gasteiger partial charge in [-0.2, -0.15) is 0 Å². The number of alkyl halides is 3. The summed E-state index contributed by atoms with van der Waals surface area (Å²) in [5.41, 5.74) is 0.262. The summed E-state index contributed by atoms with van der Waals surface area (Å²) in [6, 6.07) is 8.51. The third-order valence-electron chi connectivity index (χ3n) is 15.4. The Kier molecular flexibility index (Phi) is 18.6. The van der Waals surface area contributed by atoms with Crippen LogP contribution < -0.4 is 0 Å². The fraction of sp³-hybridized carbons (Fsp3) is 0.833. The lowest BCUT2D eigenvalue weighted by atomic mass is 10.0. The van der Waals surface area contributed by atoms with E-state index in [2.05, 4.69) is 135 Å². The first kappa shape index (κ1) is 60.1. The largest absolute Gasteiger partial charge is 0.449 e. The van der Waals surface area contributed by atoms with Gasteiger partial charge in [0.1, 0.15) is 36.6 Å². The van der Waals surface area contributed by atoms with Crippen molar-refractivity contribution in [3.05, 3.63) is 35.9 Å². The monoisotopic (exact) mass is 1090 g/mol. The Balaban J connectivity index is 2.01. The zero-order valence-electron chi connectivity index (χ0n) is 45.1. The highest BCUT2D eigenvalue weighted by Gasteiger charge is 2.62. The summed E-state index contributed by atoms with van der Waals surface area (Å²) < 4.78 is 73.6. The first-order chi connectivity index (χ1) is 30.4. The number of carbonyl (C=O) groups excluding carboxylic acids is 1. The zero-order chi connectivity index (χ0) is 52.2. The number of nitrogens with one attached hydrogen (secondary N) is 1. The molecule has 0 aliphatic carbocycles. The molecule has 10 atom stereocenters. The van der Waals surface area contributed by atoms with Gasteiger partial charge in [-0.3, -0.25) is 5.41 Å². The predicted octanol–water partition coefficient (Wildman–Crippen LogP) is 12.8. The van der Waals surface area contributed by atoms with E-state index < -0.39 is 116 Å². The van der Waals surface area contributed by atoms with E-state index in [1.807, 2.05) is 0 Å². The molecule has 3 heterocycles. The second kappa shape index (κ2) is 21.0. The van der Waals surface area contributed by atoms with Gasteiger partial charge in [0.15, 0.2) is 51.5 Å². The summed E-state index contributed by atoms with van der Waals surface area (Å²) in [5.74, 6) is -2.44. The molecule has 68 heavy (non-hydrogen) atoms. The van der Waals surface area contributed by atoms with Crippen molar-refractivity contribution in [1.29, 1.82) is 5.41 Å². The Morgan fingerprint density at radius 3 is 1.65 bits per heavy atom. The van der Waals surface area contributed by atoms with Crippen molar-refractivity contribution in [3.63, 3.8) is 0 Å². The van der Waals surface area contributed by atoms with Gasteiger partial charge in [-0.05, 0) is 98.5 Å². The molecule has 13 nitrogen and oxygen atoms in total. The third kappa shape index (κ3) is 14.4. The van der Waals surface area contributed by atoms with E-state index in [1.54, 1.807) is 44.2 Å². The van der Waals surface area contributed by atoms with Crippen LogP contribution >= 0.6 is 34.8 Å². The highest BCUT2D eigenvalue weighted by Crippen LogP contribution is 2.48. The summed E-state index contributed by atoms with van der Waals surface area (Å²) >= 11 is 18.6. The molecule has 1 aromatic carbocycles. The molecule has 3 aliphatic rings. The summed E-state index contributed by atoms with van der Waals surface area (Å²) in [7, 11) is -10.2. The van der Waals surface area contributed by atoms with Crippen LogP contribution in [0, 0.1) is 5.41 Å². The molecule has 0 saturated carbocycles. The maximum absolute atomic E-state index is 14.1.